The third kappa shape index (κ3) is 3.68. The van der Waals surface area contributed by atoms with Crippen LogP contribution >= 0.6 is 15.9 Å². The number of hydrogen-bond acceptors (Lipinski definition) is 4. The molecular formula is C18H24BrN3O3S. The molecule has 0 spiro atoms. The van der Waals surface area contributed by atoms with Gasteiger partial charge in [0.05, 0.1) is 25.0 Å². The van der Waals surface area contributed by atoms with Gasteiger partial charge in [0.2, 0.25) is 10.0 Å². The average Bonchev–Trinajstić information content (AvgIpc) is 2.90. The monoisotopic (exact) mass is 441 g/mol. The summed E-state index contributed by atoms with van der Waals surface area (Å²) in [6.07, 6.45) is 2.92. The molecule has 142 valence electrons. The zero-order valence-corrected chi connectivity index (χ0v) is 17.7. The predicted octanol–water partition coefficient (Wildman–Crippen LogP) is 3.49. The molecule has 0 radical (unpaired) electrons. The van der Waals surface area contributed by atoms with Gasteiger partial charge in [0.15, 0.2) is 0 Å². The van der Waals surface area contributed by atoms with Crippen molar-refractivity contribution in [3.8, 4) is 5.75 Å². The molecule has 26 heavy (non-hydrogen) atoms. The van der Waals surface area contributed by atoms with E-state index in [2.05, 4.69) is 21.0 Å². The van der Waals surface area contributed by atoms with E-state index in [0.717, 1.165) is 35.0 Å². The second-order valence-electron chi connectivity index (χ2n) is 6.58. The van der Waals surface area contributed by atoms with Crippen molar-refractivity contribution < 1.29 is 13.2 Å². The smallest absolute Gasteiger partial charge is 0.246 e. The van der Waals surface area contributed by atoms with Crippen LogP contribution in [0.15, 0.2) is 27.6 Å². The first-order valence-corrected chi connectivity index (χ1v) is 10.9. The lowest BCUT2D eigenvalue weighted by atomic mass is 10.2. The summed E-state index contributed by atoms with van der Waals surface area (Å²) < 4.78 is 35.9. The van der Waals surface area contributed by atoms with Crippen LogP contribution in [-0.4, -0.2) is 42.7 Å². The predicted molar refractivity (Wildman–Crippen MR) is 104 cm³/mol. The minimum atomic E-state index is -3.51. The van der Waals surface area contributed by atoms with Gasteiger partial charge in [-0.25, -0.2) is 8.42 Å². The Balaban J connectivity index is 1.97. The lowest BCUT2D eigenvalue weighted by molar-refractivity contribution is 0.346. The summed E-state index contributed by atoms with van der Waals surface area (Å²) in [7, 11) is -1.88. The Morgan fingerprint density at radius 3 is 2.54 bits per heavy atom. The molecule has 0 unspecified atom stereocenters. The van der Waals surface area contributed by atoms with Gasteiger partial charge in [-0.1, -0.05) is 22.4 Å². The fourth-order valence-corrected chi connectivity index (χ4v) is 5.77. The van der Waals surface area contributed by atoms with Gasteiger partial charge in [0.25, 0.3) is 0 Å². The number of halogens is 1. The molecule has 2 aromatic rings. The standard InChI is InChI=1S/C18H24BrN3O3S/c1-13-18(26(23,24)21-9-5-4-6-10-21)14(2)22(20-13)12-15-11-16(19)7-8-17(15)25-3/h7-8,11H,4-6,9-10,12H2,1-3H3. The molecule has 3 rings (SSSR count). The van der Waals surface area contributed by atoms with Gasteiger partial charge in [-0.2, -0.15) is 9.40 Å². The number of aromatic nitrogens is 2. The van der Waals surface area contributed by atoms with Gasteiger partial charge < -0.3 is 4.74 Å². The highest BCUT2D eigenvalue weighted by Crippen LogP contribution is 2.28. The SMILES string of the molecule is COc1ccc(Br)cc1Cn1nc(C)c(S(=O)(=O)N2CCCCC2)c1C. The van der Waals surface area contributed by atoms with Crippen molar-refractivity contribution in [2.24, 2.45) is 0 Å². The van der Waals surface area contributed by atoms with Gasteiger partial charge in [-0.3, -0.25) is 4.68 Å². The van der Waals surface area contributed by atoms with Crippen LogP contribution in [0.2, 0.25) is 0 Å². The second kappa shape index (κ2) is 7.70. The van der Waals surface area contributed by atoms with E-state index in [4.69, 9.17) is 4.74 Å². The van der Waals surface area contributed by atoms with Crippen LogP contribution in [0.4, 0.5) is 0 Å². The average molecular weight is 442 g/mol. The number of aryl methyl sites for hydroxylation is 1. The highest BCUT2D eigenvalue weighted by atomic mass is 79.9. The molecule has 0 bridgehead atoms. The van der Waals surface area contributed by atoms with Gasteiger partial charge in [0, 0.05) is 23.1 Å². The first-order valence-electron chi connectivity index (χ1n) is 8.71. The van der Waals surface area contributed by atoms with E-state index < -0.39 is 10.0 Å². The molecule has 1 aromatic carbocycles. The largest absolute Gasteiger partial charge is 0.496 e. The van der Waals surface area contributed by atoms with E-state index in [-0.39, 0.29) is 0 Å². The number of benzene rings is 1. The summed E-state index contributed by atoms with van der Waals surface area (Å²) >= 11 is 3.47. The molecule has 0 amide bonds. The molecule has 2 heterocycles. The van der Waals surface area contributed by atoms with E-state index in [1.807, 2.05) is 25.1 Å². The van der Waals surface area contributed by atoms with Crippen LogP contribution in [0.5, 0.6) is 5.75 Å². The van der Waals surface area contributed by atoms with Crippen LogP contribution in [0.25, 0.3) is 0 Å². The summed E-state index contributed by atoms with van der Waals surface area (Å²) in [5, 5.41) is 4.51. The summed E-state index contributed by atoms with van der Waals surface area (Å²) in [5.41, 5.74) is 2.14. The normalized spacial score (nSPS) is 16.0. The molecule has 6 nitrogen and oxygen atoms in total. The van der Waals surface area contributed by atoms with Gasteiger partial charge in [-0.05, 0) is 44.9 Å². The van der Waals surface area contributed by atoms with Gasteiger partial charge in [0.1, 0.15) is 10.6 Å². The molecule has 0 N–H and O–H groups in total. The number of hydrogen-bond donors (Lipinski definition) is 0. The van der Waals surface area contributed by atoms with Crippen molar-refractivity contribution in [1.82, 2.24) is 14.1 Å². The third-order valence-corrected chi connectivity index (χ3v) is 7.44. The Morgan fingerprint density at radius 1 is 1.19 bits per heavy atom. The Labute approximate surface area is 163 Å². The Hall–Kier alpha value is -1.38. The molecule has 1 aromatic heterocycles. The second-order valence-corrected chi connectivity index (χ2v) is 9.37. The van der Waals surface area contributed by atoms with Crippen LogP contribution in [0, 0.1) is 13.8 Å². The fraction of sp³-hybridized carbons (Fsp3) is 0.500. The Bertz CT molecular complexity index is 903. The van der Waals surface area contributed by atoms with Crippen molar-refractivity contribution in [1.29, 1.82) is 0 Å². The molecule has 0 saturated carbocycles. The number of nitrogens with zero attached hydrogens (tertiary/aromatic N) is 3. The first kappa shape index (κ1) is 19.4. The highest BCUT2D eigenvalue weighted by molar-refractivity contribution is 9.10. The van der Waals surface area contributed by atoms with Gasteiger partial charge >= 0.3 is 0 Å². The molecule has 0 atom stereocenters. The van der Waals surface area contributed by atoms with E-state index >= 15 is 0 Å². The quantitative estimate of drug-likeness (QED) is 0.711. The van der Waals surface area contributed by atoms with Crippen molar-refractivity contribution in [3.63, 3.8) is 0 Å². The van der Waals surface area contributed by atoms with Crippen LogP contribution in [0.3, 0.4) is 0 Å². The van der Waals surface area contributed by atoms with Crippen molar-refractivity contribution in [2.45, 2.75) is 44.6 Å². The van der Waals surface area contributed by atoms with Crippen LogP contribution < -0.4 is 4.74 Å². The van der Waals surface area contributed by atoms with Crippen molar-refractivity contribution in [3.05, 3.63) is 39.6 Å². The maximum absolute atomic E-state index is 13.1. The third-order valence-electron chi connectivity index (χ3n) is 4.79. The van der Waals surface area contributed by atoms with Crippen molar-refractivity contribution >= 4 is 26.0 Å². The molecule has 1 fully saturated rings. The highest BCUT2D eigenvalue weighted by Gasteiger charge is 2.31. The molecule has 8 heteroatoms. The zero-order valence-electron chi connectivity index (χ0n) is 15.3. The Kier molecular flexibility index (Phi) is 5.74. The maximum atomic E-state index is 13.1. The first-order chi connectivity index (χ1) is 12.3. The lowest BCUT2D eigenvalue weighted by Crippen LogP contribution is -2.36. The van der Waals surface area contributed by atoms with E-state index in [1.54, 1.807) is 23.0 Å². The molecule has 1 aliphatic rings. The molecule has 1 saturated heterocycles. The summed E-state index contributed by atoms with van der Waals surface area (Å²) in [6, 6.07) is 5.76. The Morgan fingerprint density at radius 2 is 1.88 bits per heavy atom. The number of methoxy groups -OCH3 is 1. The zero-order chi connectivity index (χ0) is 18.9. The van der Waals surface area contributed by atoms with E-state index in [1.165, 1.54) is 0 Å². The van der Waals surface area contributed by atoms with E-state index in [9.17, 15) is 8.42 Å². The number of rotatable bonds is 5. The molecular weight excluding hydrogens is 418 g/mol. The summed E-state index contributed by atoms with van der Waals surface area (Å²) in [6.45, 7) is 5.21. The lowest BCUT2D eigenvalue weighted by Gasteiger charge is -2.26. The molecule has 0 aliphatic carbocycles. The van der Waals surface area contributed by atoms with E-state index in [0.29, 0.717) is 35.9 Å². The van der Waals surface area contributed by atoms with Crippen LogP contribution in [0.1, 0.15) is 36.2 Å². The number of sulfonamides is 1. The number of piperidine rings is 1. The minimum absolute atomic E-state index is 0.341. The summed E-state index contributed by atoms with van der Waals surface area (Å²) in [5.74, 6) is 0.751. The minimum Gasteiger partial charge on any atom is -0.496 e. The fourth-order valence-electron chi connectivity index (χ4n) is 3.47. The number of ether oxygens (including phenoxy) is 1. The maximum Gasteiger partial charge on any atom is 0.246 e. The van der Waals surface area contributed by atoms with Gasteiger partial charge in [-0.15, -0.1) is 0 Å². The topological polar surface area (TPSA) is 64.4 Å². The van der Waals surface area contributed by atoms with Crippen LogP contribution in [-0.2, 0) is 16.6 Å². The summed E-state index contributed by atoms with van der Waals surface area (Å²) in [4.78, 5) is 0.341. The molecule has 1 aliphatic heterocycles. The van der Waals surface area contributed by atoms with Crippen molar-refractivity contribution in [2.75, 3.05) is 20.2 Å².